The molecule has 6 nitrogen and oxygen atoms in total. The van der Waals surface area contributed by atoms with Crippen LogP contribution in [0.5, 0.6) is 5.75 Å². The van der Waals surface area contributed by atoms with Crippen LogP contribution in [0, 0.1) is 5.92 Å². The average Bonchev–Trinajstić information content (AvgIpc) is 2.89. The Labute approximate surface area is 212 Å². The van der Waals surface area contributed by atoms with Crippen LogP contribution >= 0.6 is 0 Å². The molecular formula is C30H34N2O4. The van der Waals surface area contributed by atoms with E-state index < -0.39 is 6.10 Å². The van der Waals surface area contributed by atoms with Gasteiger partial charge in [0.1, 0.15) is 18.5 Å². The number of aliphatic hydroxyl groups excluding tert-OH is 1. The summed E-state index contributed by atoms with van der Waals surface area (Å²) < 4.78 is 5.78. The number of β-amino-alcohol motifs (C(OH)–C–C–N with tert-alkyl or cyclic N) is 1. The second-order valence-electron chi connectivity index (χ2n) is 10.4. The average molecular weight is 487 g/mol. The van der Waals surface area contributed by atoms with Crippen LogP contribution in [0.15, 0.2) is 60.7 Å². The van der Waals surface area contributed by atoms with Gasteiger partial charge in [-0.15, -0.1) is 0 Å². The fraction of sp³-hybridized carbons (Fsp3) is 0.400. The molecule has 1 N–H and O–H groups in total. The van der Waals surface area contributed by atoms with Gasteiger partial charge in [0.25, 0.3) is 11.8 Å². The SMILES string of the molecule is CC(C)c1ccc(OC[C@H](O)CN2CCC(CN3C(=O)c4cccc5cccc(c45)C3=O)CC2)cc1. The molecule has 0 bridgehead atoms. The minimum absolute atomic E-state index is 0.194. The molecule has 5 rings (SSSR count). The second-order valence-corrected chi connectivity index (χ2v) is 10.4. The minimum atomic E-state index is -0.575. The maximum atomic E-state index is 13.2. The summed E-state index contributed by atoms with van der Waals surface area (Å²) >= 11 is 0. The number of nitrogens with zero attached hydrogens (tertiary/aromatic N) is 2. The molecule has 0 aliphatic carbocycles. The normalized spacial score (nSPS) is 17.7. The van der Waals surface area contributed by atoms with Gasteiger partial charge in [-0.2, -0.15) is 0 Å². The molecule has 1 atom stereocenters. The molecule has 1 fully saturated rings. The van der Waals surface area contributed by atoms with E-state index in [4.69, 9.17) is 4.74 Å². The molecule has 36 heavy (non-hydrogen) atoms. The summed E-state index contributed by atoms with van der Waals surface area (Å²) in [5.41, 5.74) is 2.49. The number of carbonyl (C=O) groups is 2. The van der Waals surface area contributed by atoms with Crippen molar-refractivity contribution in [1.82, 2.24) is 9.80 Å². The van der Waals surface area contributed by atoms with Crippen LogP contribution in [0.1, 0.15) is 58.9 Å². The van der Waals surface area contributed by atoms with E-state index in [1.165, 1.54) is 10.5 Å². The Bertz CT molecular complexity index is 1190. The summed E-state index contributed by atoms with van der Waals surface area (Å²) in [4.78, 5) is 30.0. The van der Waals surface area contributed by atoms with E-state index in [0.29, 0.717) is 30.1 Å². The third-order valence-corrected chi connectivity index (χ3v) is 7.46. The number of carbonyl (C=O) groups excluding carboxylic acids is 2. The Balaban J connectivity index is 1.11. The molecule has 2 heterocycles. The van der Waals surface area contributed by atoms with Crippen molar-refractivity contribution in [2.24, 2.45) is 5.92 Å². The first-order valence-corrected chi connectivity index (χ1v) is 12.9. The number of ether oxygens (including phenoxy) is 1. The number of aliphatic hydroxyl groups is 1. The van der Waals surface area contributed by atoms with Crippen molar-refractivity contribution in [1.29, 1.82) is 0 Å². The van der Waals surface area contributed by atoms with Crippen molar-refractivity contribution in [3.05, 3.63) is 77.4 Å². The minimum Gasteiger partial charge on any atom is -0.491 e. The van der Waals surface area contributed by atoms with Crippen molar-refractivity contribution < 1.29 is 19.4 Å². The number of hydrogen-bond acceptors (Lipinski definition) is 5. The van der Waals surface area contributed by atoms with Crippen LogP contribution in [0.4, 0.5) is 0 Å². The van der Waals surface area contributed by atoms with E-state index in [1.54, 1.807) is 0 Å². The zero-order valence-corrected chi connectivity index (χ0v) is 21.0. The zero-order valence-electron chi connectivity index (χ0n) is 21.0. The molecule has 0 saturated carbocycles. The van der Waals surface area contributed by atoms with Gasteiger partial charge in [-0.3, -0.25) is 14.5 Å². The van der Waals surface area contributed by atoms with E-state index in [9.17, 15) is 14.7 Å². The van der Waals surface area contributed by atoms with Crippen LogP contribution in [0.2, 0.25) is 0 Å². The third kappa shape index (κ3) is 5.01. The Morgan fingerprint density at radius 3 is 2.11 bits per heavy atom. The van der Waals surface area contributed by atoms with E-state index in [2.05, 4.69) is 30.9 Å². The number of rotatable bonds is 8. The Morgan fingerprint density at radius 1 is 0.917 bits per heavy atom. The molecule has 0 unspecified atom stereocenters. The number of hydrogen-bond donors (Lipinski definition) is 1. The fourth-order valence-corrected chi connectivity index (χ4v) is 5.35. The molecular weight excluding hydrogens is 452 g/mol. The number of piperidine rings is 1. The maximum absolute atomic E-state index is 13.2. The van der Waals surface area contributed by atoms with E-state index in [0.717, 1.165) is 42.5 Å². The van der Waals surface area contributed by atoms with Crippen LogP contribution in [-0.4, -0.2) is 65.6 Å². The highest BCUT2D eigenvalue weighted by Gasteiger charge is 2.34. The Morgan fingerprint density at radius 2 is 1.53 bits per heavy atom. The number of imide groups is 1. The largest absolute Gasteiger partial charge is 0.491 e. The smallest absolute Gasteiger partial charge is 0.261 e. The first-order chi connectivity index (χ1) is 17.4. The summed E-state index contributed by atoms with van der Waals surface area (Å²) in [6.07, 6.45) is 1.19. The molecule has 2 aliphatic rings. The van der Waals surface area contributed by atoms with Crippen molar-refractivity contribution in [3.63, 3.8) is 0 Å². The van der Waals surface area contributed by atoms with Gasteiger partial charge in [0.15, 0.2) is 0 Å². The van der Waals surface area contributed by atoms with Gasteiger partial charge in [0.05, 0.1) is 0 Å². The molecule has 3 aromatic rings. The lowest BCUT2D eigenvalue weighted by Crippen LogP contribution is -2.46. The molecule has 2 amide bonds. The molecule has 0 radical (unpaired) electrons. The van der Waals surface area contributed by atoms with Gasteiger partial charge < -0.3 is 14.7 Å². The fourth-order valence-electron chi connectivity index (χ4n) is 5.35. The summed E-state index contributed by atoms with van der Waals surface area (Å²) in [6, 6.07) is 19.3. The van der Waals surface area contributed by atoms with E-state index in [1.807, 2.05) is 48.5 Å². The van der Waals surface area contributed by atoms with Crippen LogP contribution < -0.4 is 4.74 Å². The number of likely N-dealkylation sites (tertiary alicyclic amines) is 1. The summed E-state index contributed by atoms with van der Waals surface area (Å²) in [5.74, 6) is 1.11. The highest BCUT2D eigenvalue weighted by Crippen LogP contribution is 2.31. The standard InChI is InChI=1S/C30H34N2O4/c1-20(2)22-9-11-25(12-10-22)36-19-24(33)18-31-15-13-21(14-16-31)17-32-29(34)26-7-3-5-23-6-4-8-27(28(23)26)30(32)35/h3-12,20-21,24,33H,13-19H2,1-2H3/t24-/m1/s1. The van der Waals surface area contributed by atoms with Crippen molar-refractivity contribution in [2.75, 3.05) is 32.8 Å². The number of benzene rings is 3. The van der Waals surface area contributed by atoms with E-state index in [-0.39, 0.29) is 24.3 Å². The molecule has 0 spiro atoms. The van der Waals surface area contributed by atoms with Crippen molar-refractivity contribution in [3.8, 4) is 5.75 Å². The lowest BCUT2D eigenvalue weighted by molar-refractivity contribution is 0.0453. The zero-order chi connectivity index (χ0) is 25.2. The molecule has 0 aromatic heterocycles. The topological polar surface area (TPSA) is 70.1 Å². The number of amides is 2. The van der Waals surface area contributed by atoms with Gasteiger partial charge in [-0.1, -0.05) is 50.2 Å². The molecule has 2 aliphatic heterocycles. The Kier molecular flexibility index (Phi) is 7.08. The molecule has 1 saturated heterocycles. The second kappa shape index (κ2) is 10.4. The third-order valence-electron chi connectivity index (χ3n) is 7.46. The van der Waals surface area contributed by atoms with Gasteiger partial charge >= 0.3 is 0 Å². The van der Waals surface area contributed by atoms with Gasteiger partial charge in [0, 0.05) is 29.6 Å². The molecule has 3 aromatic carbocycles. The predicted molar refractivity (Wildman–Crippen MR) is 141 cm³/mol. The lowest BCUT2D eigenvalue weighted by atomic mass is 9.91. The lowest BCUT2D eigenvalue weighted by Gasteiger charge is -2.36. The summed E-state index contributed by atoms with van der Waals surface area (Å²) in [6.45, 7) is 7.21. The quantitative estimate of drug-likeness (QED) is 0.467. The summed E-state index contributed by atoms with van der Waals surface area (Å²) in [5, 5.41) is 12.2. The van der Waals surface area contributed by atoms with Gasteiger partial charge in [0.2, 0.25) is 0 Å². The van der Waals surface area contributed by atoms with E-state index >= 15 is 0 Å². The first-order valence-electron chi connectivity index (χ1n) is 12.9. The first kappa shape index (κ1) is 24.5. The molecule has 6 heteroatoms. The van der Waals surface area contributed by atoms with Crippen LogP contribution in [-0.2, 0) is 0 Å². The van der Waals surface area contributed by atoms with Gasteiger partial charge in [-0.25, -0.2) is 0 Å². The van der Waals surface area contributed by atoms with Crippen molar-refractivity contribution >= 4 is 22.6 Å². The van der Waals surface area contributed by atoms with Crippen molar-refractivity contribution in [2.45, 2.75) is 38.7 Å². The monoisotopic (exact) mass is 486 g/mol. The van der Waals surface area contributed by atoms with Crippen LogP contribution in [0.25, 0.3) is 10.8 Å². The van der Waals surface area contributed by atoms with Crippen LogP contribution in [0.3, 0.4) is 0 Å². The molecule has 188 valence electrons. The predicted octanol–water partition coefficient (Wildman–Crippen LogP) is 4.71. The Hall–Kier alpha value is -3.22. The van der Waals surface area contributed by atoms with Gasteiger partial charge in [-0.05, 0) is 73.0 Å². The highest BCUT2D eigenvalue weighted by molar-refractivity contribution is 6.25. The maximum Gasteiger partial charge on any atom is 0.261 e. The highest BCUT2D eigenvalue weighted by atomic mass is 16.5. The summed E-state index contributed by atoms with van der Waals surface area (Å²) in [7, 11) is 0.